The molecule has 0 spiro atoms. The van der Waals surface area contributed by atoms with Crippen LogP contribution in [-0.2, 0) is 0 Å². The maximum Gasteiger partial charge on any atom is 2.00 e. The molecule has 0 saturated heterocycles. The maximum absolute atomic E-state index is 4.46. The van der Waals surface area contributed by atoms with Gasteiger partial charge in [0.15, 0.2) is 0 Å². The number of furan rings is 1. The van der Waals surface area contributed by atoms with Crippen molar-refractivity contribution in [2.24, 2.45) is 0 Å². The van der Waals surface area contributed by atoms with E-state index in [1.165, 1.54) is 19.3 Å². The molecule has 0 amide bonds. The van der Waals surface area contributed by atoms with Gasteiger partial charge in [-0.05, 0) is 6.26 Å². The topological polar surface area (TPSA) is 13.1 Å². The Morgan fingerprint density at radius 3 is 2.23 bits per heavy atom. The quantitative estimate of drug-likeness (QED) is 0.457. The summed E-state index contributed by atoms with van der Waals surface area (Å²) in [6, 6.07) is 3.49. The summed E-state index contributed by atoms with van der Waals surface area (Å²) >= 11 is 0. The van der Waals surface area contributed by atoms with E-state index in [-0.39, 0.29) is 40.0 Å². The summed E-state index contributed by atoms with van der Waals surface area (Å²) in [6.07, 6.45) is 9.13. The van der Waals surface area contributed by atoms with E-state index in [1.807, 2.05) is 0 Å². The average molecular weight is 257 g/mol. The zero-order valence-electron chi connectivity index (χ0n) is 8.29. The van der Waals surface area contributed by atoms with Gasteiger partial charge < -0.3 is 11.3 Å². The summed E-state index contributed by atoms with van der Waals surface area (Å²) in [5, 5.41) is 0. The molecule has 1 aromatic heterocycles. The van der Waals surface area contributed by atoms with Crippen molar-refractivity contribution in [2.45, 2.75) is 32.6 Å². The standard InChI is InChI=1S/C6H13.C4H3O.BrH.Mg/c1-3-5-6-4-2;1-2-4-5-3-1;;/h1,3-6H2,2H3;1-3H;1H;/q2*-1;;+2. The zero-order chi connectivity index (χ0) is 8.36. The van der Waals surface area contributed by atoms with Gasteiger partial charge >= 0.3 is 23.1 Å². The molecule has 0 unspecified atom stereocenters. The van der Waals surface area contributed by atoms with Gasteiger partial charge in [0.2, 0.25) is 0 Å². The van der Waals surface area contributed by atoms with Crippen molar-refractivity contribution in [3.63, 3.8) is 0 Å². The van der Waals surface area contributed by atoms with Crippen LogP contribution in [0.5, 0.6) is 0 Å². The predicted octanol–water partition coefficient (Wildman–Crippen LogP) is 3.68. The largest absolute Gasteiger partial charge is 2.00 e. The first kappa shape index (κ1) is 19.2. The minimum Gasteiger partial charge on any atom is -0.599 e. The number of rotatable bonds is 3. The van der Waals surface area contributed by atoms with E-state index in [2.05, 4.69) is 24.5 Å². The molecular weight excluding hydrogens is 240 g/mol. The molecule has 0 aromatic carbocycles. The predicted molar refractivity (Wildman–Crippen MR) is 63.1 cm³/mol. The normalized spacial score (nSPS) is 7.23. The Morgan fingerprint density at radius 2 is 2.08 bits per heavy atom. The van der Waals surface area contributed by atoms with Crippen LogP contribution in [0.3, 0.4) is 0 Å². The maximum atomic E-state index is 4.46. The molecule has 1 heterocycles. The Labute approximate surface area is 108 Å². The average Bonchev–Trinajstić information content (AvgIpc) is 2.57. The van der Waals surface area contributed by atoms with Crippen LogP contribution in [0.25, 0.3) is 0 Å². The Bertz CT molecular complexity index is 110. The van der Waals surface area contributed by atoms with Gasteiger partial charge in [0.1, 0.15) is 0 Å². The molecule has 0 saturated carbocycles. The van der Waals surface area contributed by atoms with Crippen molar-refractivity contribution in [1.82, 2.24) is 0 Å². The molecule has 1 rings (SSSR count). The first-order chi connectivity index (χ1) is 5.41. The third-order valence-electron chi connectivity index (χ3n) is 1.23. The molecule has 72 valence electrons. The van der Waals surface area contributed by atoms with Crippen LogP contribution in [0.1, 0.15) is 32.6 Å². The van der Waals surface area contributed by atoms with Gasteiger partial charge in [-0.3, -0.25) is 0 Å². The Balaban J connectivity index is -0.000000134. The monoisotopic (exact) mass is 256 g/mol. The fourth-order valence-electron chi connectivity index (χ4n) is 0.623. The number of hydrogen-bond acceptors (Lipinski definition) is 1. The summed E-state index contributed by atoms with van der Waals surface area (Å²) in [6.45, 7) is 5.93. The molecule has 13 heavy (non-hydrogen) atoms. The summed E-state index contributed by atoms with van der Waals surface area (Å²) in [5.74, 6) is 0. The van der Waals surface area contributed by atoms with Crippen LogP contribution in [-0.4, -0.2) is 23.1 Å². The van der Waals surface area contributed by atoms with E-state index in [1.54, 1.807) is 18.4 Å². The fourth-order valence-corrected chi connectivity index (χ4v) is 0.623. The van der Waals surface area contributed by atoms with Crippen LogP contribution in [0.4, 0.5) is 0 Å². The summed E-state index contributed by atoms with van der Waals surface area (Å²) in [7, 11) is 0. The van der Waals surface area contributed by atoms with E-state index in [9.17, 15) is 0 Å². The van der Waals surface area contributed by atoms with Crippen LogP contribution in [0.15, 0.2) is 22.8 Å². The zero-order valence-corrected chi connectivity index (χ0v) is 11.4. The Morgan fingerprint density at radius 1 is 1.38 bits per heavy atom. The van der Waals surface area contributed by atoms with Gasteiger partial charge in [-0.25, -0.2) is 0 Å². The minimum atomic E-state index is 0. The second kappa shape index (κ2) is 18.3. The van der Waals surface area contributed by atoms with Gasteiger partial charge in [-0.15, -0.1) is 23.0 Å². The van der Waals surface area contributed by atoms with Crippen LogP contribution in [0, 0.1) is 13.2 Å². The van der Waals surface area contributed by atoms with E-state index in [0.29, 0.717) is 0 Å². The van der Waals surface area contributed by atoms with E-state index in [4.69, 9.17) is 0 Å². The third kappa shape index (κ3) is 19.1. The number of hydrogen-bond donors (Lipinski definition) is 0. The molecule has 0 bridgehead atoms. The molecule has 1 nitrogen and oxygen atoms in total. The Hall–Kier alpha value is 0.526. The van der Waals surface area contributed by atoms with E-state index in [0.717, 1.165) is 6.42 Å². The van der Waals surface area contributed by atoms with Gasteiger partial charge in [-0.1, -0.05) is 32.4 Å². The molecule has 0 aliphatic rings. The number of halogens is 1. The van der Waals surface area contributed by atoms with E-state index >= 15 is 0 Å². The molecule has 0 fully saturated rings. The second-order valence-electron chi connectivity index (χ2n) is 2.29. The van der Waals surface area contributed by atoms with Crippen molar-refractivity contribution >= 4 is 40.0 Å². The van der Waals surface area contributed by atoms with Crippen LogP contribution in [0.2, 0.25) is 0 Å². The van der Waals surface area contributed by atoms with Gasteiger partial charge in [0.05, 0.1) is 0 Å². The Kier molecular flexibility index (Phi) is 27.0. The molecule has 3 heteroatoms. The molecule has 0 atom stereocenters. The first-order valence-electron chi connectivity index (χ1n) is 4.10. The van der Waals surface area contributed by atoms with Crippen molar-refractivity contribution in [3.8, 4) is 0 Å². The molecule has 0 N–H and O–H groups in total. The van der Waals surface area contributed by atoms with Crippen molar-refractivity contribution in [3.05, 3.63) is 31.6 Å². The molecule has 0 aliphatic carbocycles. The molecular formula is C10H17BrMgO. The third-order valence-corrected chi connectivity index (χ3v) is 1.23. The first-order valence-corrected chi connectivity index (χ1v) is 4.10. The smallest absolute Gasteiger partial charge is 0.599 e. The summed E-state index contributed by atoms with van der Waals surface area (Å²) in [5.41, 5.74) is 0. The fraction of sp³-hybridized carbons (Fsp3) is 0.500. The van der Waals surface area contributed by atoms with Gasteiger partial charge in [0, 0.05) is 0 Å². The minimum absolute atomic E-state index is 0. The molecule has 1 aromatic rings. The van der Waals surface area contributed by atoms with Gasteiger partial charge in [-0.2, -0.15) is 12.5 Å². The number of unbranched alkanes of at least 4 members (excludes halogenated alkanes) is 3. The summed E-state index contributed by atoms with van der Waals surface area (Å²) in [4.78, 5) is 0. The van der Waals surface area contributed by atoms with Crippen molar-refractivity contribution < 1.29 is 4.42 Å². The molecule has 0 aliphatic heterocycles. The second-order valence-corrected chi connectivity index (χ2v) is 2.29. The van der Waals surface area contributed by atoms with Crippen LogP contribution >= 0.6 is 17.0 Å². The van der Waals surface area contributed by atoms with Gasteiger partial charge in [0.25, 0.3) is 0 Å². The van der Waals surface area contributed by atoms with Crippen LogP contribution < -0.4 is 0 Å². The van der Waals surface area contributed by atoms with Crippen molar-refractivity contribution in [2.75, 3.05) is 0 Å². The van der Waals surface area contributed by atoms with Crippen molar-refractivity contribution in [1.29, 1.82) is 0 Å². The van der Waals surface area contributed by atoms with E-state index < -0.39 is 0 Å². The SMILES string of the molecule is Br.[CH2-]CCCCC.[Mg+2].[c-]1ccco1. The molecule has 0 radical (unpaired) electrons. The summed E-state index contributed by atoms with van der Waals surface area (Å²) < 4.78 is 4.46.